The minimum absolute atomic E-state index is 0. The van der Waals surface area contributed by atoms with E-state index in [0.29, 0.717) is 39.3 Å². The van der Waals surface area contributed by atoms with Crippen LogP contribution in [0.1, 0.15) is 26.7 Å². The third-order valence-corrected chi connectivity index (χ3v) is 4.44. The van der Waals surface area contributed by atoms with Gasteiger partial charge < -0.3 is 15.4 Å². The van der Waals surface area contributed by atoms with Crippen molar-refractivity contribution in [1.82, 2.24) is 9.80 Å². The van der Waals surface area contributed by atoms with E-state index in [2.05, 4.69) is 4.74 Å². The molecular weight excluding hydrogens is 294 g/mol. The maximum atomic E-state index is 12.6. The van der Waals surface area contributed by atoms with Crippen molar-refractivity contribution < 1.29 is 14.3 Å². The van der Waals surface area contributed by atoms with Crippen molar-refractivity contribution in [3.63, 3.8) is 0 Å². The van der Waals surface area contributed by atoms with Crippen molar-refractivity contribution in [3.8, 4) is 0 Å². The highest BCUT2D eigenvalue weighted by Gasteiger charge is 2.37. The second-order valence-electron chi connectivity index (χ2n) is 5.34. The predicted molar refractivity (Wildman–Crippen MR) is 84.4 cm³/mol. The van der Waals surface area contributed by atoms with Crippen molar-refractivity contribution in [3.05, 3.63) is 0 Å². The summed E-state index contributed by atoms with van der Waals surface area (Å²) in [4.78, 5) is 27.8. The van der Waals surface area contributed by atoms with E-state index in [4.69, 9.17) is 5.73 Å². The van der Waals surface area contributed by atoms with E-state index in [-0.39, 0.29) is 24.3 Å². The van der Waals surface area contributed by atoms with Crippen LogP contribution in [0.2, 0.25) is 0 Å². The fraction of sp³-hybridized carbons (Fsp3) is 0.857. The molecule has 0 aromatic rings. The minimum atomic E-state index is -0.426. The molecule has 0 bridgehead atoms. The standard InChI is InChI=1S/C14H27N3O3.ClH/c1-4-14(5-2,11-15)13(19)17-8-6-16(7-9-17)10-12(18)20-3;/h4-11,15H2,1-3H3;1H. The van der Waals surface area contributed by atoms with E-state index in [1.54, 1.807) is 0 Å². The van der Waals surface area contributed by atoms with Crippen LogP contribution in [0.3, 0.4) is 0 Å². The summed E-state index contributed by atoms with van der Waals surface area (Å²) < 4.78 is 4.66. The van der Waals surface area contributed by atoms with Crippen molar-refractivity contribution in [2.24, 2.45) is 11.1 Å². The third-order valence-electron chi connectivity index (χ3n) is 4.44. The summed E-state index contributed by atoms with van der Waals surface area (Å²) in [6, 6.07) is 0. The van der Waals surface area contributed by atoms with Gasteiger partial charge in [0.15, 0.2) is 0 Å². The maximum Gasteiger partial charge on any atom is 0.319 e. The summed E-state index contributed by atoms with van der Waals surface area (Å²) in [6.45, 7) is 7.42. The number of amides is 1. The third kappa shape index (κ3) is 4.83. The summed E-state index contributed by atoms with van der Waals surface area (Å²) >= 11 is 0. The lowest BCUT2D eigenvalue weighted by Crippen LogP contribution is -2.55. The minimum Gasteiger partial charge on any atom is -0.468 e. The van der Waals surface area contributed by atoms with Crippen LogP contribution in [-0.4, -0.2) is 68.1 Å². The molecule has 0 saturated carbocycles. The van der Waals surface area contributed by atoms with E-state index < -0.39 is 5.41 Å². The normalized spacial score (nSPS) is 16.3. The molecule has 0 atom stereocenters. The number of hydrogen-bond acceptors (Lipinski definition) is 5. The van der Waals surface area contributed by atoms with Crippen LogP contribution in [0.5, 0.6) is 0 Å². The zero-order valence-electron chi connectivity index (χ0n) is 13.3. The quantitative estimate of drug-likeness (QED) is 0.721. The fourth-order valence-corrected chi connectivity index (χ4v) is 2.62. The Morgan fingerprint density at radius 2 is 1.67 bits per heavy atom. The van der Waals surface area contributed by atoms with E-state index in [0.717, 1.165) is 12.8 Å². The molecule has 0 aromatic heterocycles. The van der Waals surface area contributed by atoms with Crippen LogP contribution >= 0.6 is 12.4 Å². The molecule has 6 nitrogen and oxygen atoms in total. The van der Waals surface area contributed by atoms with E-state index >= 15 is 0 Å². The highest BCUT2D eigenvalue weighted by atomic mass is 35.5. The van der Waals surface area contributed by atoms with Gasteiger partial charge in [0.05, 0.1) is 19.1 Å². The van der Waals surface area contributed by atoms with Gasteiger partial charge >= 0.3 is 5.97 Å². The second-order valence-corrected chi connectivity index (χ2v) is 5.34. The summed E-state index contributed by atoms with van der Waals surface area (Å²) in [7, 11) is 1.39. The summed E-state index contributed by atoms with van der Waals surface area (Å²) in [5, 5.41) is 0. The molecule has 0 radical (unpaired) electrons. The molecule has 1 aliphatic heterocycles. The number of nitrogens with zero attached hydrogens (tertiary/aromatic N) is 2. The van der Waals surface area contributed by atoms with Gasteiger partial charge in [-0.05, 0) is 12.8 Å². The van der Waals surface area contributed by atoms with Crippen molar-refractivity contribution in [2.45, 2.75) is 26.7 Å². The van der Waals surface area contributed by atoms with Crippen molar-refractivity contribution >= 4 is 24.3 Å². The SMILES string of the molecule is CCC(CC)(CN)C(=O)N1CCN(CC(=O)OC)CC1.Cl. The Morgan fingerprint density at radius 3 is 2.05 bits per heavy atom. The molecule has 0 spiro atoms. The second kappa shape index (κ2) is 9.23. The molecule has 1 saturated heterocycles. The number of carbonyl (C=O) groups excluding carboxylic acids is 2. The fourth-order valence-electron chi connectivity index (χ4n) is 2.62. The Hall–Kier alpha value is -0.850. The predicted octanol–water partition coefficient (Wildman–Crippen LogP) is 0.491. The summed E-state index contributed by atoms with van der Waals surface area (Å²) in [6.07, 6.45) is 1.53. The summed E-state index contributed by atoms with van der Waals surface area (Å²) in [5.41, 5.74) is 5.40. The molecule has 0 unspecified atom stereocenters. The number of piperazine rings is 1. The molecule has 1 fully saturated rings. The van der Waals surface area contributed by atoms with Crippen LogP contribution in [0, 0.1) is 5.41 Å². The van der Waals surface area contributed by atoms with Crippen LogP contribution in [0.15, 0.2) is 0 Å². The first kappa shape index (κ1) is 20.1. The van der Waals surface area contributed by atoms with Gasteiger partial charge in [0.1, 0.15) is 0 Å². The van der Waals surface area contributed by atoms with Gasteiger partial charge in [-0.25, -0.2) is 0 Å². The number of nitrogens with two attached hydrogens (primary N) is 1. The maximum absolute atomic E-state index is 12.6. The number of hydrogen-bond donors (Lipinski definition) is 1. The van der Waals surface area contributed by atoms with Gasteiger partial charge in [-0.3, -0.25) is 14.5 Å². The van der Waals surface area contributed by atoms with Gasteiger partial charge in [0.2, 0.25) is 5.91 Å². The average molecular weight is 322 g/mol. The van der Waals surface area contributed by atoms with Crippen LogP contribution in [-0.2, 0) is 14.3 Å². The van der Waals surface area contributed by atoms with Gasteiger partial charge in [0, 0.05) is 32.7 Å². The Morgan fingerprint density at radius 1 is 1.14 bits per heavy atom. The highest BCUT2D eigenvalue weighted by molar-refractivity contribution is 5.85. The zero-order valence-corrected chi connectivity index (χ0v) is 14.1. The number of carbonyl (C=O) groups is 2. The molecule has 1 amide bonds. The van der Waals surface area contributed by atoms with E-state index in [9.17, 15) is 9.59 Å². The lowest BCUT2D eigenvalue weighted by molar-refractivity contribution is -0.145. The smallest absolute Gasteiger partial charge is 0.319 e. The molecule has 21 heavy (non-hydrogen) atoms. The van der Waals surface area contributed by atoms with Crippen LogP contribution in [0.4, 0.5) is 0 Å². The van der Waals surface area contributed by atoms with Crippen LogP contribution in [0.25, 0.3) is 0 Å². The lowest BCUT2D eigenvalue weighted by atomic mass is 9.81. The molecule has 7 heteroatoms. The van der Waals surface area contributed by atoms with Gasteiger partial charge in [-0.1, -0.05) is 13.8 Å². The van der Waals surface area contributed by atoms with E-state index in [1.807, 2.05) is 23.6 Å². The molecule has 1 heterocycles. The Kier molecular flexibility index (Phi) is 8.85. The largest absolute Gasteiger partial charge is 0.468 e. The molecule has 0 aromatic carbocycles. The number of rotatable bonds is 6. The number of methoxy groups -OCH3 is 1. The molecule has 124 valence electrons. The van der Waals surface area contributed by atoms with Crippen molar-refractivity contribution in [1.29, 1.82) is 0 Å². The molecule has 0 aliphatic carbocycles. The van der Waals surface area contributed by atoms with Crippen LogP contribution < -0.4 is 5.73 Å². The lowest BCUT2D eigenvalue weighted by Gasteiger charge is -2.40. The Bertz CT molecular complexity index is 332. The number of halogens is 1. The van der Waals surface area contributed by atoms with Gasteiger partial charge in [-0.2, -0.15) is 0 Å². The van der Waals surface area contributed by atoms with E-state index in [1.165, 1.54) is 7.11 Å². The summed E-state index contributed by atoms with van der Waals surface area (Å²) in [5.74, 6) is -0.0779. The number of ether oxygens (including phenoxy) is 1. The monoisotopic (exact) mass is 321 g/mol. The molecular formula is C14H28ClN3O3. The first-order valence-electron chi connectivity index (χ1n) is 7.31. The van der Waals surface area contributed by atoms with Gasteiger partial charge in [-0.15, -0.1) is 12.4 Å². The van der Waals surface area contributed by atoms with Crippen molar-refractivity contribution in [2.75, 3.05) is 46.4 Å². The molecule has 1 aliphatic rings. The molecule has 1 rings (SSSR count). The first-order chi connectivity index (χ1) is 9.52. The zero-order chi connectivity index (χ0) is 15.2. The Labute approximate surface area is 133 Å². The topological polar surface area (TPSA) is 75.9 Å². The highest BCUT2D eigenvalue weighted by Crippen LogP contribution is 2.28. The average Bonchev–Trinajstić information content (AvgIpc) is 2.50. The van der Waals surface area contributed by atoms with Gasteiger partial charge in [0.25, 0.3) is 0 Å². The number of esters is 1. The first-order valence-corrected chi connectivity index (χ1v) is 7.31. The Balaban J connectivity index is 0.00000400. The molecule has 2 N–H and O–H groups in total.